The van der Waals surface area contributed by atoms with E-state index in [1.54, 1.807) is 30.1 Å². The van der Waals surface area contributed by atoms with E-state index < -0.39 is 29.8 Å². The van der Waals surface area contributed by atoms with Crippen LogP contribution in [-0.2, 0) is 33.9 Å². The molecule has 0 bridgehead atoms. The van der Waals surface area contributed by atoms with Crippen LogP contribution in [0.2, 0.25) is 0 Å². The molecule has 1 aromatic carbocycles. The Kier molecular flexibility index (Phi) is 15.1. The van der Waals surface area contributed by atoms with Gasteiger partial charge in [0.25, 0.3) is 0 Å². The summed E-state index contributed by atoms with van der Waals surface area (Å²) in [6.07, 6.45) is 2.16. The van der Waals surface area contributed by atoms with Gasteiger partial charge in [-0.15, -0.1) is 22.7 Å². The second kappa shape index (κ2) is 19.1. The number of rotatable bonds is 16. The van der Waals surface area contributed by atoms with Gasteiger partial charge in [-0.1, -0.05) is 58.0 Å². The highest BCUT2D eigenvalue weighted by Gasteiger charge is 2.38. The van der Waals surface area contributed by atoms with Gasteiger partial charge in [-0.05, 0) is 51.5 Å². The predicted molar refractivity (Wildman–Crippen MR) is 206 cm³/mol. The summed E-state index contributed by atoms with van der Waals surface area (Å²) in [5.41, 5.74) is 3.07. The van der Waals surface area contributed by atoms with Gasteiger partial charge in [0.05, 0.1) is 58.5 Å². The van der Waals surface area contributed by atoms with Crippen LogP contribution in [0.3, 0.4) is 0 Å². The zero-order valence-electron chi connectivity index (χ0n) is 31.8. The first-order valence-corrected chi connectivity index (χ1v) is 19.9. The molecular formula is C38H57N7O5S2. The van der Waals surface area contributed by atoms with E-state index in [0.717, 1.165) is 21.1 Å². The van der Waals surface area contributed by atoms with Crippen LogP contribution in [0.1, 0.15) is 88.4 Å². The van der Waals surface area contributed by atoms with E-state index in [4.69, 9.17) is 4.74 Å². The number of aromatic nitrogens is 2. The minimum Gasteiger partial charge on any atom is -0.390 e. The molecule has 14 heteroatoms. The lowest BCUT2D eigenvalue weighted by Crippen LogP contribution is -2.60. The van der Waals surface area contributed by atoms with Crippen LogP contribution in [0, 0.1) is 5.92 Å². The predicted octanol–water partition coefficient (Wildman–Crippen LogP) is 4.94. The van der Waals surface area contributed by atoms with Gasteiger partial charge in [-0.2, -0.15) is 0 Å². The second-order valence-electron chi connectivity index (χ2n) is 15.4. The van der Waals surface area contributed by atoms with Crippen LogP contribution in [0.25, 0.3) is 0 Å². The minimum atomic E-state index is -1.02. The first-order chi connectivity index (χ1) is 24.6. The van der Waals surface area contributed by atoms with Crippen LogP contribution in [0.15, 0.2) is 47.4 Å². The van der Waals surface area contributed by atoms with Gasteiger partial charge in [-0.25, -0.2) is 9.78 Å². The molecule has 0 radical (unpaired) electrons. The summed E-state index contributed by atoms with van der Waals surface area (Å²) in [6.45, 7) is 15.2. The Morgan fingerprint density at radius 3 is 2.44 bits per heavy atom. The standard InChI is InChI=1S/C38H57N7O5S2/c1-24(2)33(42-37(49)44(8)19-27-22-51-36(40-27)25(3)4)35(48)41-30(16-26-12-10-9-11-13-26)32(46)20-45-15-14-28(50-21-29-18-39-23-52-29)17-31(45)34(47)43-38(5,6)7/h9-13,18,22-25,28,30-33,46H,14-17,19-21H2,1-8H3,(H,41,48)(H,42,49)(H,43,47)/t28?,30-,31-,32+,33-/m0/s1. The number of urea groups is 1. The topological polar surface area (TPSA) is 149 Å². The van der Waals surface area contributed by atoms with Crippen LogP contribution in [0.4, 0.5) is 4.79 Å². The quantitative estimate of drug-likeness (QED) is 0.161. The van der Waals surface area contributed by atoms with E-state index in [9.17, 15) is 19.5 Å². The maximum Gasteiger partial charge on any atom is 0.318 e. The third-order valence-corrected chi connectivity index (χ3v) is 10.9. The summed E-state index contributed by atoms with van der Waals surface area (Å²) in [5.74, 6) is -0.435. The van der Waals surface area contributed by atoms with Crippen molar-refractivity contribution in [1.82, 2.24) is 35.7 Å². The monoisotopic (exact) mass is 755 g/mol. The highest BCUT2D eigenvalue weighted by Crippen LogP contribution is 2.24. The van der Waals surface area contributed by atoms with Crippen LogP contribution in [0.5, 0.6) is 0 Å². The van der Waals surface area contributed by atoms with Gasteiger partial charge in [0.2, 0.25) is 11.8 Å². The van der Waals surface area contributed by atoms with Crippen molar-refractivity contribution >= 4 is 40.5 Å². The number of aliphatic hydroxyl groups is 1. The summed E-state index contributed by atoms with van der Waals surface area (Å²) in [6, 6.07) is 7.21. The third-order valence-electron chi connectivity index (χ3n) is 8.96. The Balaban J connectivity index is 1.47. The molecule has 0 saturated carbocycles. The van der Waals surface area contributed by atoms with Gasteiger partial charge >= 0.3 is 6.03 Å². The maximum atomic E-state index is 14.0. The normalized spacial score (nSPS) is 18.5. The summed E-state index contributed by atoms with van der Waals surface area (Å²) in [4.78, 5) is 54.3. The Morgan fingerprint density at radius 2 is 1.83 bits per heavy atom. The van der Waals surface area contributed by atoms with Crippen molar-refractivity contribution in [2.24, 2.45) is 5.92 Å². The number of likely N-dealkylation sites (tertiary alicyclic amines) is 1. The molecular weight excluding hydrogens is 699 g/mol. The van der Waals surface area contributed by atoms with Crippen molar-refractivity contribution in [3.05, 3.63) is 68.6 Å². The molecule has 1 fully saturated rings. The summed E-state index contributed by atoms with van der Waals surface area (Å²) < 4.78 is 6.21. The first kappa shape index (κ1) is 41.3. The third kappa shape index (κ3) is 12.6. The van der Waals surface area contributed by atoms with E-state index in [1.165, 1.54) is 16.2 Å². The maximum absolute atomic E-state index is 14.0. The molecule has 3 heterocycles. The number of ether oxygens (including phenoxy) is 1. The molecule has 1 aliphatic heterocycles. The molecule has 0 spiro atoms. The number of piperidine rings is 1. The van der Waals surface area contributed by atoms with Gasteiger partial charge in [0.1, 0.15) is 6.04 Å². The van der Waals surface area contributed by atoms with Crippen molar-refractivity contribution in [2.75, 3.05) is 20.1 Å². The number of amides is 4. The van der Waals surface area contributed by atoms with Crippen molar-refractivity contribution in [3.8, 4) is 0 Å². The van der Waals surface area contributed by atoms with Crippen LogP contribution in [-0.4, -0.2) is 98.7 Å². The fraction of sp³-hybridized carbons (Fsp3) is 0.605. The van der Waals surface area contributed by atoms with Crippen molar-refractivity contribution < 1.29 is 24.2 Å². The molecule has 3 aromatic rings. The van der Waals surface area contributed by atoms with Gasteiger partial charge in [0.15, 0.2) is 0 Å². The Hall–Kier alpha value is -3.43. The molecule has 2 aromatic heterocycles. The fourth-order valence-electron chi connectivity index (χ4n) is 6.14. The van der Waals surface area contributed by atoms with E-state index in [0.29, 0.717) is 44.9 Å². The average Bonchev–Trinajstić information content (AvgIpc) is 3.78. The number of thiazole rings is 2. The van der Waals surface area contributed by atoms with E-state index >= 15 is 0 Å². The molecule has 1 saturated heterocycles. The molecule has 4 amide bonds. The highest BCUT2D eigenvalue weighted by molar-refractivity contribution is 7.09. The first-order valence-electron chi connectivity index (χ1n) is 18.1. The Morgan fingerprint density at radius 1 is 1.10 bits per heavy atom. The fourth-order valence-corrected chi connectivity index (χ4v) is 7.48. The molecule has 4 N–H and O–H groups in total. The van der Waals surface area contributed by atoms with Gasteiger partial charge in [0, 0.05) is 43.2 Å². The summed E-state index contributed by atoms with van der Waals surface area (Å²) in [5, 5.41) is 23.9. The molecule has 0 aliphatic carbocycles. The van der Waals surface area contributed by atoms with Crippen LogP contribution < -0.4 is 16.0 Å². The molecule has 1 aliphatic rings. The van der Waals surface area contributed by atoms with Crippen LogP contribution >= 0.6 is 22.7 Å². The zero-order chi connectivity index (χ0) is 38.0. The number of benzene rings is 1. The zero-order valence-corrected chi connectivity index (χ0v) is 33.4. The number of β-amino-alcohol motifs (C(OH)–C–C–N with tert-alkyl or cyclic N) is 1. The number of aliphatic hydroxyl groups excluding tert-OH is 1. The Bertz CT molecular complexity index is 1560. The van der Waals surface area contributed by atoms with E-state index in [-0.39, 0.29) is 36.4 Å². The molecule has 52 heavy (non-hydrogen) atoms. The van der Waals surface area contributed by atoms with Gasteiger partial charge < -0.3 is 30.7 Å². The lowest BCUT2D eigenvalue weighted by Gasteiger charge is -2.41. The highest BCUT2D eigenvalue weighted by atomic mass is 32.1. The van der Waals surface area contributed by atoms with E-state index in [2.05, 4.69) is 39.8 Å². The summed E-state index contributed by atoms with van der Waals surface area (Å²) >= 11 is 3.10. The smallest absolute Gasteiger partial charge is 0.318 e. The molecule has 5 atom stereocenters. The SMILES string of the molecule is CC(C)c1nc(CN(C)C(=O)N[C@H](C(=O)N[C@@H](Cc2ccccc2)[C@H](O)CN2CCC(OCc3cncs3)C[C@H]2C(=O)NC(C)(C)C)C(C)C)cs1. The number of carbonyl (C=O) groups excluding carboxylic acids is 3. The van der Waals surface area contributed by atoms with E-state index in [1.807, 2.05) is 75.2 Å². The molecule has 286 valence electrons. The number of nitrogens with one attached hydrogen (secondary N) is 3. The summed E-state index contributed by atoms with van der Waals surface area (Å²) in [7, 11) is 1.68. The molecule has 12 nitrogen and oxygen atoms in total. The number of carbonyl (C=O) groups is 3. The van der Waals surface area contributed by atoms with Gasteiger partial charge in [-0.3, -0.25) is 19.5 Å². The van der Waals surface area contributed by atoms with Crippen molar-refractivity contribution in [2.45, 2.75) is 123 Å². The lowest BCUT2D eigenvalue weighted by molar-refractivity contribution is -0.134. The van der Waals surface area contributed by atoms with Crippen molar-refractivity contribution in [3.63, 3.8) is 0 Å². The number of hydrogen-bond acceptors (Lipinski definition) is 10. The average molecular weight is 756 g/mol. The Labute approximate surface area is 316 Å². The lowest BCUT2D eigenvalue weighted by atomic mass is 9.94. The second-order valence-corrected chi connectivity index (χ2v) is 17.3. The largest absolute Gasteiger partial charge is 0.390 e. The molecule has 1 unspecified atom stereocenters. The van der Waals surface area contributed by atoms with Crippen molar-refractivity contribution in [1.29, 1.82) is 0 Å². The molecule has 4 rings (SSSR count). The number of hydrogen-bond donors (Lipinski definition) is 4. The minimum absolute atomic E-state index is 0.126. The number of nitrogens with zero attached hydrogens (tertiary/aromatic N) is 4.